The predicted molar refractivity (Wildman–Crippen MR) is 103 cm³/mol. The van der Waals surface area contributed by atoms with Gasteiger partial charge >= 0.3 is 0 Å². The number of rotatable bonds is 5. The molecule has 26 heavy (non-hydrogen) atoms. The number of hydrogen-bond donors (Lipinski definition) is 2. The third kappa shape index (κ3) is 6.74. The lowest BCUT2D eigenvalue weighted by Crippen LogP contribution is -2.38. The minimum atomic E-state index is -0.250. The van der Waals surface area contributed by atoms with E-state index < -0.39 is 0 Å². The molecule has 8 heteroatoms. The summed E-state index contributed by atoms with van der Waals surface area (Å²) < 4.78 is 0. The second kappa shape index (κ2) is 10.9. The molecule has 3 rings (SSSR count). The Balaban J connectivity index is 0.000000758. The fourth-order valence-corrected chi connectivity index (χ4v) is 3.70. The van der Waals surface area contributed by atoms with Crippen LogP contribution in [0.5, 0.6) is 0 Å². The van der Waals surface area contributed by atoms with Crippen molar-refractivity contribution in [3.05, 3.63) is 51.4 Å². The van der Waals surface area contributed by atoms with Crippen LogP contribution in [0.15, 0.2) is 35.3 Å². The van der Waals surface area contributed by atoms with Gasteiger partial charge in [-0.1, -0.05) is 11.6 Å². The number of carbonyl (C=O) groups excluding carboxylic acids is 1. The van der Waals surface area contributed by atoms with E-state index >= 15 is 0 Å². The number of thiophene rings is 1. The molecule has 0 atom stereocenters. The number of amides is 1. The van der Waals surface area contributed by atoms with Crippen LogP contribution in [0.25, 0.3) is 0 Å². The van der Waals surface area contributed by atoms with Gasteiger partial charge in [0.05, 0.1) is 10.6 Å². The number of likely N-dealkylation sites (tertiary alicyclic amines) is 1. The lowest BCUT2D eigenvalue weighted by atomic mass is 9.96. The lowest BCUT2D eigenvalue weighted by molar-refractivity contribution is -0.122. The molecule has 0 bridgehead atoms. The number of piperidine rings is 1. The first-order valence-electron chi connectivity index (χ1n) is 8.32. The molecule has 0 saturated carbocycles. The van der Waals surface area contributed by atoms with Gasteiger partial charge in [-0.05, 0) is 60.3 Å². The van der Waals surface area contributed by atoms with Crippen molar-refractivity contribution in [3.8, 4) is 0 Å². The molecule has 0 aliphatic carbocycles. The second-order valence-corrected chi connectivity index (χ2v) is 7.27. The van der Waals surface area contributed by atoms with E-state index in [0.717, 1.165) is 39.0 Å². The molecule has 0 unspecified atom stereocenters. The average molecular weight is 396 g/mol. The van der Waals surface area contributed by atoms with E-state index in [-0.39, 0.29) is 12.4 Å². The number of hydrogen-bond acceptors (Lipinski definition) is 5. The molecule has 2 aromatic rings. The van der Waals surface area contributed by atoms with Gasteiger partial charge in [-0.2, -0.15) is 11.3 Å². The smallest absolute Gasteiger partial charge is 0.290 e. The predicted octanol–water partition coefficient (Wildman–Crippen LogP) is 3.14. The standard InChI is InChI=1S/C17H20ClN3OS.CH2O2/c18-16-7-15(9-19-10-16)17(22)20-8-13-1-4-21(5-2-13)11-14-3-6-23-12-14;2-1-3/h3,6-7,9-10,12-13H,1-2,4-5,8,11H2,(H,20,22);1H,(H,2,3). The molecule has 6 nitrogen and oxygen atoms in total. The Bertz CT molecular complexity index is 689. The van der Waals surface area contributed by atoms with Crippen LogP contribution in [0.4, 0.5) is 0 Å². The minimum absolute atomic E-state index is 0.0966. The normalized spacial score (nSPS) is 15.0. The quantitative estimate of drug-likeness (QED) is 0.760. The Hall–Kier alpha value is -1.96. The highest BCUT2D eigenvalue weighted by molar-refractivity contribution is 7.07. The highest BCUT2D eigenvalue weighted by Gasteiger charge is 2.20. The first-order chi connectivity index (χ1) is 12.6. The third-order valence-electron chi connectivity index (χ3n) is 4.21. The SMILES string of the molecule is O=C(NCC1CCN(Cc2ccsc2)CC1)c1cncc(Cl)c1.O=CO. The van der Waals surface area contributed by atoms with Gasteiger partial charge in [-0.25, -0.2) is 0 Å². The van der Waals surface area contributed by atoms with E-state index in [1.54, 1.807) is 23.6 Å². The number of nitrogens with zero attached hydrogens (tertiary/aromatic N) is 2. The molecule has 1 fully saturated rings. The van der Waals surface area contributed by atoms with Crippen LogP contribution in [0, 0.1) is 5.92 Å². The molecule has 2 aromatic heterocycles. The zero-order valence-corrected chi connectivity index (χ0v) is 15.9. The third-order valence-corrected chi connectivity index (χ3v) is 5.15. The molecule has 3 heterocycles. The maximum Gasteiger partial charge on any atom is 0.290 e. The summed E-state index contributed by atoms with van der Waals surface area (Å²) in [6, 6.07) is 3.84. The van der Waals surface area contributed by atoms with Crippen molar-refractivity contribution in [2.75, 3.05) is 19.6 Å². The summed E-state index contributed by atoms with van der Waals surface area (Å²) in [6.07, 6.45) is 5.32. The lowest BCUT2D eigenvalue weighted by Gasteiger charge is -2.31. The number of carbonyl (C=O) groups is 2. The van der Waals surface area contributed by atoms with Crippen molar-refractivity contribution in [2.24, 2.45) is 5.92 Å². The van der Waals surface area contributed by atoms with Crippen LogP contribution in [-0.2, 0) is 11.3 Å². The number of aromatic nitrogens is 1. The molecule has 140 valence electrons. The van der Waals surface area contributed by atoms with Gasteiger partial charge in [-0.3, -0.25) is 19.5 Å². The number of carboxylic acid groups (broad SMARTS) is 1. The highest BCUT2D eigenvalue weighted by atomic mass is 35.5. The van der Waals surface area contributed by atoms with Crippen molar-refractivity contribution in [1.82, 2.24) is 15.2 Å². The topological polar surface area (TPSA) is 82.5 Å². The van der Waals surface area contributed by atoms with Gasteiger partial charge in [0.15, 0.2) is 0 Å². The molecule has 1 aliphatic rings. The Kier molecular flexibility index (Phi) is 8.53. The van der Waals surface area contributed by atoms with Crippen LogP contribution in [0.3, 0.4) is 0 Å². The van der Waals surface area contributed by atoms with E-state index in [0.29, 0.717) is 16.5 Å². The number of nitrogens with one attached hydrogen (secondary N) is 1. The van der Waals surface area contributed by atoms with E-state index in [4.69, 9.17) is 21.5 Å². The summed E-state index contributed by atoms with van der Waals surface area (Å²) in [5.74, 6) is 0.450. The van der Waals surface area contributed by atoms with Crippen molar-refractivity contribution in [3.63, 3.8) is 0 Å². The first kappa shape index (κ1) is 20.4. The maximum atomic E-state index is 12.1. The van der Waals surface area contributed by atoms with Crippen LogP contribution < -0.4 is 5.32 Å². The molecule has 0 radical (unpaired) electrons. The molecule has 0 aromatic carbocycles. The van der Waals surface area contributed by atoms with Gasteiger partial charge in [0, 0.05) is 25.5 Å². The fraction of sp³-hybridized carbons (Fsp3) is 0.389. The summed E-state index contributed by atoms with van der Waals surface area (Å²) in [4.78, 5) is 26.9. The minimum Gasteiger partial charge on any atom is -0.483 e. The van der Waals surface area contributed by atoms with E-state index in [1.807, 2.05) is 0 Å². The summed E-state index contributed by atoms with van der Waals surface area (Å²) in [5, 5.41) is 14.7. The summed E-state index contributed by atoms with van der Waals surface area (Å²) in [7, 11) is 0. The Labute approximate surface area is 161 Å². The molecule has 2 N–H and O–H groups in total. The first-order valence-corrected chi connectivity index (χ1v) is 9.64. The molecular formula is C18H22ClN3O3S. The van der Waals surface area contributed by atoms with E-state index in [9.17, 15) is 4.79 Å². The summed E-state index contributed by atoms with van der Waals surface area (Å²) >= 11 is 7.62. The van der Waals surface area contributed by atoms with Crippen molar-refractivity contribution in [1.29, 1.82) is 0 Å². The van der Waals surface area contributed by atoms with Crippen molar-refractivity contribution >= 4 is 35.3 Å². The largest absolute Gasteiger partial charge is 0.483 e. The molecule has 1 amide bonds. The molecule has 1 saturated heterocycles. The van der Waals surface area contributed by atoms with Crippen LogP contribution in [0.2, 0.25) is 5.02 Å². The zero-order chi connectivity index (χ0) is 18.8. The Morgan fingerprint density at radius 1 is 1.42 bits per heavy atom. The molecule has 0 spiro atoms. The van der Waals surface area contributed by atoms with Gasteiger partial charge in [0.2, 0.25) is 0 Å². The number of pyridine rings is 1. The Morgan fingerprint density at radius 3 is 2.77 bits per heavy atom. The summed E-state index contributed by atoms with van der Waals surface area (Å²) in [6.45, 7) is 3.69. The second-order valence-electron chi connectivity index (χ2n) is 6.06. The van der Waals surface area contributed by atoms with E-state index in [2.05, 4.69) is 32.0 Å². The zero-order valence-electron chi connectivity index (χ0n) is 14.3. The van der Waals surface area contributed by atoms with Crippen LogP contribution in [-0.4, -0.2) is 47.0 Å². The fourth-order valence-electron chi connectivity index (χ4n) is 2.86. The molecule has 1 aliphatic heterocycles. The van der Waals surface area contributed by atoms with Crippen LogP contribution >= 0.6 is 22.9 Å². The number of halogens is 1. The van der Waals surface area contributed by atoms with Gasteiger partial charge < -0.3 is 10.4 Å². The Morgan fingerprint density at radius 2 is 2.15 bits per heavy atom. The van der Waals surface area contributed by atoms with Crippen molar-refractivity contribution < 1.29 is 14.7 Å². The van der Waals surface area contributed by atoms with Gasteiger partial charge in [0.25, 0.3) is 12.4 Å². The van der Waals surface area contributed by atoms with Gasteiger partial charge in [0.1, 0.15) is 0 Å². The van der Waals surface area contributed by atoms with Gasteiger partial charge in [-0.15, -0.1) is 0 Å². The van der Waals surface area contributed by atoms with Crippen LogP contribution in [0.1, 0.15) is 28.8 Å². The average Bonchev–Trinajstić information content (AvgIpc) is 3.14. The highest BCUT2D eigenvalue weighted by Crippen LogP contribution is 2.19. The van der Waals surface area contributed by atoms with E-state index in [1.165, 1.54) is 11.8 Å². The maximum absolute atomic E-state index is 12.1. The monoisotopic (exact) mass is 395 g/mol. The van der Waals surface area contributed by atoms with Crippen molar-refractivity contribution in [2.45, 2.75) is 19.4 Å². The summed E-state index contributed by atoms with van der Waals surface area (Å²) in [5.41, 5.74) is 1.92. The molecular weight excluding hydrogens is 374 g/mol.